The maximum absolute atomic E-state index is 10.5. The highest BCUT2D eigenvalue weighted by molar-refractivity contribution is 4.93. The minimum Gasteiger partial charge on any atom is -0.374 e. The van der Waals surface area contributed by atoms with E-state index < -0.39 is 0 Å². The topological polar surface area (TPSA) is 23.1 Å². The second-order valence-electron chi connectivity index (χ2n) is 2.90. The molecule has 0 bridgehead atoms. The van der Waals surface area contributed by atoms with E-state index in [9.17, 15) is 5.11 Å². The molecule has 1 aliphatic heterocycles. The van der Waals surface area contributed by atoms with Crippen LogP contribution in [-0.2, 0) is 5.11 Å². The lowest BCUT2D eigenvalue weighted by molar-refractivity contribution is 0.123. The Morgan fingerprint density at radius 2 is 2.55 bits per heavy atom. The van der Waals surface area contributed by atoms with Crippen LogP contribution in [0.3, 0.4) is 0 Å². The summed E-state index contributed by atoms with van der Waals surface area (Å²) < 4.78 is 0. The average Bonchev–Trinajstić information content (AvgIpc) is 2.06. The average molecular weight is 152 g/mol. The van der Waals surface area contributed by atoms with Crippen LogP contribution in [-0.4, -0.2) is 24.6 Å². The van der Waals surface area contributed by atoms with Crippen LogP contribution < -0.4 is 0 Å². The van der Waals surface area contributed by atoms with Crippen molar-refractivity contribution in [2.24, 2.45) is 5.92 Å². The molecule has 0 N–H and O–H groups in total. The summed E-state index contributed by atoms with van der Waals surface area (Å²) in [6, 6.07) is 0. The molecule has 0 spiro atoms. The molecule has 0 saturated heterocycles. The van der Waals surface area contributed by atoms with Gasteiger partial charge in [0.1, 0.15) is 0 Å². The lowest BCUT2D eigenvalue weighted by Crippen LogP contribution is -2.29. The van der Waals surface area contributed by atoms with Crippen molar-refractivity contribution < 1.29 is 5.11 Å². The van der Waals surface area contributed by atoms with E-state index in [1.165, 1.54) is 0 Å². The molecular weight excluding hydrogens is 138 g/mol. The zero-order chi connectivity index (χ0) is 8.10. The Kier molecular flexibility index (Phi) is 3.17. The van der Waals surface area contributed by atoms with Crippen molar-refractivity contribution in [1.29, 1.82) is 0 Å². The molecular formula is C9H14NO. The molecule has 61 valence electrons. The van der Waals surface area contributed by atoms with Crippen molar-refractivity contribution in [1.82, 2.24) is 4.90 Å². The van der Waals surface area contributed by atoms with Gasteiger partial charge >= 0.3 is 0 Å². The summed E-state index contributed by atoms with van der Waals surface area (Å²) in [6.45, 7) is 5.44. The van der Waals surface area contributed by atoms with Crippen LogP contribution in [0.2, 0.25) is 0 Å². The van der Waals surface area contributed by atoms with Crippen molar-refractivity contribution >= 4 is 0 Å². The molecule has 2 nitrogen and oxygen atoms in total. The van der Waals surface area contributed by atoms with Gasteiger partial charge in [0, 0.05) is 19.0 Å². The summed E-state index contributed by atoms with van der Waals surface area (Å²) in [4.78, 5) is 2.12. The highest BCUT2D eigenvalue weighted by Gasteiger charge is 2.13. The summed E-state index contributed by atoms with van der Waals surface area (Å²) in [5.41, 5.74) is 0. The van der Waals surface area contributed by atoms with Gasteiger partial charge in [-0.15, -0.1) is 6.58 Å². The first-order valence-corrected chi connectivity index (χ1v) is 3.96. The molecule has 1 atom stereocenters. The summed E-state index contributed by atoms with van der Waals surface area (Å²) in [5, 5.41) is 10.5. The molecule has 1 unspecified atom stereocenters. The zero-order valence-corrected chi connectivity index (χ0v) is 6.70. The fourth-order valence-electron chi connectivity index (χ4n) is 1.29. The SMILES string of the molecule is C=CCN1C=CCC(C[O])C1. The van der Waals surface area contributed by atoms with Gasteiger partial charge in [-0.05, 0) is 12.6 Å². The summed E-state index contributed by atoms with van der Waals surface area (Å²) >= 11 is 0. The van der Waals surface area contributed by atoms with Gasteiger partial charge in [-0.2, -0.15) is 0 Å². The van der Waals surface area contributed by atoms with E-state index in [0.29, 0.717) is 5.92 Å². The second-order valence-corrected chi connectivity index (χ2v) is 2.90. The Balaban J connectivity index is 2.38. The largest absolute Gasteiger partial charge is 0.374 e. The van der Waals surface area contributed by atoms with Gasteiger partial charge in [0.05, 0.1) is 6.61 Å². The van der Waals surface area contributed by atoms with Gasteiger partial charge in [0.15, 0.2) is 0 Å². The molecule has 0 aromatic rings. The third kappa shape index (κ3) is 2.39. The Bertz CT molecular complexity index is 154. The summed E-state index contributed by atoms with van der Waals surface area (Å²) in [7, 11) is 0. The third-order valence-corrected chi connectivity index (χ3v) is 1.88. The number of hydrogen-bond donors (Lipinski definition) is 0. The number of allylic oxidation sites excluding steroid dienone is 1. The van der Waals surface area contributed by atoms with Gasteiger partial charge < -0.3 is 4.90 Å². The molecule has 1 heterocycles. The van der Waals surface area contributed by atoms with E-state index in [2.05, 4.69) is 17.6 Å². The minimum atomic E-state index is 0.0397. The molecule has 0 aromatic heterocycles. The van der Waals surface area contributed by atoms with Crippen molar-refractivity contribution in [3.05, 3.63) is 24.9 Å². The minimum absolute atomic E-state index is 0.0397. The molecule has 1 aliphatic rings. The van der Waals surface area contributed by atoms with Gasteiger partial charge in [-0.1, -0.05) is 12.2 Å². The van der Waals surface area contributed by atoms with Crippen molar-refractivity contribution in [2.75, 3.05) is 19.7 Å². The first-order valence-electron chi connectivity index (χ1n) is 3.96. The molecule has 1 rings (SSSR count). The Morgan fingerprint density at radius 3 is 3.18 bits per heavy atom. The van der Waals surface area contributed by atoms with Crippen LogP contribution in [0.1, 0.15) is 6.42 Å². The van der Waals surface area contributed by atoms with Gasteiger partial charge in [0.25, 0.3) is 0 Å². The van der Waals surface area contributed by atoms with Gasteiger partial charge in [-0.3, -0.25) is 0 Å². The maximum Gasteiger partial charge on any atom is 0.0870 e. The lowest BCUT2D eigenvalue weighted by Gasteiger charge is -2.26. The van der Waals surface area contributed by atoms with E-state index in [-0.39, 0.29) is 6.61 Å². The highest BCUT2D eigenvalue weighted by Crippen LogP contribution is 2.12. The van der Waals surface area contributed by atoms with Crippen LogP contribution >= 0.6 is 0 Å². The quantitative estimate of drug-likeness (QED) is 0.561. The Hall–Kier alpha value is -0.760. The second kappa shape index (κ2) is 4.19. The molecule has 0 aliphatic carbocycles. The molecule has 1 radical (unpaired) electrons. The van der Waals surface area contributed by atoms with E-state index in [4.69, 9.17) is 0 Å². The van der Waals surface area contributed by atoms with Crippen LogP contribution in [0, 0.1) is 5.92 Å². The lowest BCUT2D eigenvalue weighted by atomic mass is 10.0. The predicted molar refractivity (Wildman–Crippen MR) is 44.6 cm³/mol. The van der Waals surface area contributed by atoms with Gasteiger partial charge in [0.2, 0.25) is 0 Å². The summed E-state index contributed by atoms with van der Waals surface area (Å²) in [6.07, 6.45) is 6.91. The Morgan fingerprint density at radius 1 is 1.73 bits per heavy atom. The van der Waals surface area contributed by atoms with Crippen LogP contribution in [0.4, 0.5) is 0 Å². The third-order valence-electron chi connectivity index (χ3n) is 1.88. The normalized spacial score (nSPS) is 23.7. The van der Waals surface area contributed by atoms with Crippen molar-refractivity contribution in [3.8, 4) is 0 Å². The molecule has 0 amide bonds. The van der Waals surface area contributed by atoms with E-state index in [1.54, 1.807) is 0 Å². The van der Waals surface area contributed by atoms with Crippen LogP contribution in [0.25, 0.3) is 0 Å². The standard InChI is InChI=1S/C9H14NO/c1-2-5-10-6-3-4-9(7-10)8-11/h2-3,6,9H,1,4-5,7-8H2. The highest BCUT2D eigenvalue weighted by atomic mass is 16.3. The van der Waals surface area contributed by atoms with E-state index >= 15 is 0 Å². The molecule has 11 heavy (non-hydrogen) atoms. The van der Waals surface area contributed by atoms with Crippen LogP contribution in [0.5, 0.6) is 0 Å². The van der Waals surface area contributed by atoms with Crippen molar-refractivity contribution in [2.45, 2.75) is 6.42 Å². The number of nitrogens with zero attached hydrogens (tertiary/aromatic N) is 1. The number of hydrogen-bond acceptors (Lipinski definition) is 1. The van der Waals surface area contributed by atoms with E-state index in [1.807, 2.05) is 12.3 Å². The molecule has 0 aromatic carbocycles. The maximum atomic E-state index is 10.5. The zero-order valence-electron chi connectivity index (χ0n) is 6.70. The fourth-order valence-corrected chi connectivity index (χ4v) is 1.29. The molecule has 0 saturated carbocycles. The van der Waals surface area contributed by atoms with E-state index in [0.717, 1.165) is 19.5 Å². The van der Waals surface area contributed by atoms with Gasteiger partial charge in [-0.25, -0.2) is 5.11 Å². The Labute approximate surface area is 67.8 Å². The monoisotopic (exact) mass is 152 g/mol. The van der Waals surface area contributed by atoms with Crippen molar-refractivity contribution in [3.63, 3.8) is 0 Å². The first kappa shape index (κ1) is 8.34. The smallest absolute Gasteiger partial charge is 0.0870 e. The number of rotatable bonds is 3. The summed E-state index contributed by atoms with van der Waals surface area (Å²) in [5.74, 6) is 0.306. The fraction of sp³-hybridized carbons (Fsp3) is 0.556. The van der Waals surface area contributed by atoms with Crippen LogP contribution in [0.15, 0.2) is 24.9 Å². The molecule has 0 fully saturated rings. The molecule has 2 heteroatoms. The first-order chi connectivity index (χ1) is 5.36. The predicted octanol–water partition coefficient (Wildman–Crippen LogP) is 1.44.